The number of hydrogen-bond donors (Lipinski definition) is 2. The van der Waals surface area contributed by atoms with Crippen LogP contribution in [-0.4, -0.2) is 24.2 Å². The zero-order valence-electron chi connectivity index (χ0n) is 8.74. The number of carboxylic acid groups (broad SMARTS) is 1. The number of esters is 1. The van der Waals surface area contributed by atoms with Crippen LogP contribution < -0.4 is 5.73 Å². The molecule has 1 unspecified atom stereocenters. The number of carbonyl (C=O) groups is 2. The average Bonchev–Trinajstić information content (AvgIpc) is 2.30. The first-order valence-corrected chi connectivity index (χ1v) is 4.44. The second-order valence-corrected chi connectivity index (χ2v) is 3.17. The van der Waals surface area contributed by atoms with E-state index >= 15 is 0 Å². The maximum Gasteiger partial charge on any atom is 0.340 e. The van der Waals surface area contributed by atoms with Crippen molar-refractivity contribution in [3.8, 4) is 0 Å². The summed E-state index contributed by atoms with van der Waals surface area (Å²) in [6.45, 7) is 0. The van der Waals surface area contributed by atoms with Crippen molar-refractivity contribution in [1.29, 1.82) is 0 Å². The molecule has 7 heteroatoms. The number of ether oxygens (including phenoxy) is 1. The summed E-state index contributed by atoms with van der Waals surface area (Å²) in [6.07, 6.45) is 0. The number of halogens is 2. The van der Waals surface area contributed by atoms with Crippen molar-refractivity contribution in [1.82, 2.24) is 0 Å². The number of nitrogens with two attached hydrogens (primary N) is 1. The topological polar surface area (TPSA) is 89.6 Å². The lowest BCUT2D eigenvalue weighted by Crippen LogP contribution is -2.22. The number of carbonyl (C=O) groups excluding carboxylic acids is 1. The number of aliphatic carboxylic acids is 1. The smallest absolute Gasteiger partial charge is 0.340 e. The number of carboxylic acids is 1. The summed E-state index contributed by atoms with van der Waals surface area (Å²) in [7, 11) is 0.990. The van der Waals surface area contributed by atoms with Crippen LogP contribution in [-0.2, 0) is 9.53 Å². The standard InChI is InChI=1S/C10H9F2NO4/c1-17-10(16)5-2-4(8(13)9(14)15)3-6(11)7(5)12/h2-3,8H,13H2,1H3,(H,14,15). The Balaban J connectivity index is 3.33. The fourth-order valence-electron chi connectivity index (χ4n) is 1.19. The summed E-state index contributed by atoms with van der Waals surface area (Å²) in [5.41, 5.74) is 4.31. The molecule has 1 aromatic carbocycles. The first-order valence-electron chi connectivity index (χ1n) is 4.44. The molecule has 0 saturated heterocycles. The van der Waals surface area contributed by atoms with E-state index < -0.39 is 35.2 Å². The predicted molar refractivity (Wildman–Crippen MR) is 52.3 cm³/mol. The van der Waals surface area contributed by atoms with Crippen molar-refractivity contribution in [2.75, 3.05) is 7.11 Å². The third-order valence-electron chi connectivity index (χ3n) is 2.08. The Morgan fingerprint density at radius 1 is 1.41 bits per heavy atom. The molecule has 0 radical (unpaired) electrons. The second kappa shape index (κ2) is 4.88. The van der Waals surface area contributed by atoms with Gasteiger partial charge < -0.3 is 15.6 Å². The minimum Gasteiger partial charge on any atom is -0.480 e. The number of benzene rings is 1. The van der Waals surface area contributed by atoms with Gasteiger partial charge in [0.15, 0.2) is 11.6 Å². The third kappa shape index (κ3) is 2.56. The molecule has 0 heterocycles. The summed E-state index contributed by atoms with van der Waals surface area (Å²) < 4.78 is 30.6. The summed E-state index contributed by atoms with van der Waals surface area (Å²) in [5, 5.41) is 8.62. The fraction of sp³-hybridized carbons (Fsp3) is 0.200. The zero-order valence-corrected chi connectivity index (χ0v) is 8.74. The molecule has 0 amide bonds. The van der Waals surface area contributed by atoms with E-state index in [4.69, 9.17) is 10.8 Å². The van der Waals surface area contributed by atoms with Crippen LogP contribution in [0.25, 0.3) is 0 Å². The van der Waals surface area contributed by atoms with E-state index in [1.165, 1.54) is 0 Å². The van der Waals surface area contributed by atoms with Crippen molar-refractivity contribution in [3.63, 3.8) is 0 Å². The van der Waals surface area contributed by atoms with Gasteiger partial charge in [-0.2, -0.15) is 0 Å². The van der Waals surface area contributed by atoms with Gasteiger partial charge in [-0.05, 0) is 17.7 Å². The van der Waals surface area contributed by atoms with Crippen LogP contribution in [0.1, 0.15) is 22.0 Å². The van der Waals surface area contributed by atoms with Crippen molar-refractivity contribution in [3.05, 3.63) is 34.9 Å². The Morgan fingerprint density at radius 3 is 2.47 bits per heavy atom. The zero-order chi connectivity index (χ0) is 13.2. The van der Waals surface area contributed by atoms with Crippen LogP contribution in [0.3, 0.4) is 0 Å². The maximum absolute atomic E-state index is 13.2. The molecule has 0 bridgehead atoms. The van der Waals surface area contributed by atoms with Gasteiger partial charge in [0.05, 0.1) is 12.7 Å². The molecule has 0 aliphatic carbocycles. The quantitative estimate of drug-likeness (QED) is 0.770. The highest BCUT2D eigenvalue weighted by atomic mass is 19.2. The maximum atomic E-state index is 13.2. The molecule has 0 aliphatic heterocycles. The average molecular weight is 245 g/mol. The van der Waals surface area contributed by atoms with Crippen LogP contribution in [0.2, 0.25) is 0 Å². The van der Waals surface area contributed by atoms with E-state index in [2.05, 4.69) is 4.74 Å². The first kappa shape index (κ1) is 13.0. The predicted octanol–water partition coefficient (Wildman–Crippen LogP) is 0.836. The van der Waals surface area contributed by atoms with E-state index in [9.17, 15) is 18.4 Å². The highest BCUT2D eigenvalue weighted by molar-refractivity contribution is 5.90. The van der Waals surface area contributed by atoms with Crippen molar-refractivity contribution in [2.24, 2.45) is 5.73 Å². The molecule has 17 heavy (non-hydrogen) atoms. The van der Waals surface area contributed by atoms with Crippen LogP contribution in [0, 0.1) is 11.6 Å². The molecular formula is C10H9F2NO4. The van der Waals surface area contributed by atoms with Crippen LogP contribution in [0.5, 0.6) is 0 Å². The molecule has 5 nitrogen and oxygen atoms in total. The molecule has 0 spiro atoms. The fourth-order valence-corrected chi connectivity index (χ4v) is 1.19. The van der Waals surface area contributed by atoms with E-state index in [-0.39, 0.29) is 5.56 Å². The summed E-state index contributed by atoms with van der Waals surface area (Å²) in [6, 6.07) is -0.0719. The Bertz CT molecular complexity index is 476. The molecule has 1 atom stereocenters. The first-order chi connectivity index (χ1) is 7.88. The van der Waals surface area contributed by atoms with E-state index in [0.717, 1.165) is 13.2 Å². The van der Waals surface area contributed by atoms with Gasteiger partial charge in [-0.15, -0.1) is 0 Å². The summed E-state index contributed by atoms with van der Waals surface area (Å²) >= 11 is 0. The monoisotopic (exact) mass is 245 g/mol. The van der Waals surface area contributed by atoms with E-state index in [0.29, 0.717) is 6.07 Å². The largest absolute Gasteiger partial charge is 0.480 e. The molecule has 1 rings (SSSR count). The van der Waals surface area contributed by atoms with Crippen molar-refractivity contribution in [2.45, 2.75) is 6.04 Å². The molecular weight excluding hydrogens is 236 g/mol. The molecule has 92 valence electrons. The number of rotatable bonds is 3. The minimum absolute atomic E-state index is 0.225. The number of hydrogen-bond acceptors (Lipinski definition) is 4. The Morgan fingerprint density at radius 2 is 2.00 bits per heavy atom. The Labute approximate surface area is 94.8 Å². The highest BCUT2D eigenvalue weighted by Crippen LogP contribution is 2.20. The van der Waals surface area contributed by atoms with Crippen molar-refractivity contribution >= 4 is 11.9 Å². The lowest BCUT2D eigenvalue weighted by Gasteiger charge is -2.09. The van der Waals surface area contributed by atoms with Gasteiger partial charge in [-0.1, -0.05) is 0 Å². The molecule has 1 aromatic rings. The van der Waals surface area contributed by atoms with Gasteiger partial charge in [0, 0.05) is 0 Å². The van der Waals surface area contributed by atoms with Crippen LogP contribution >= 0.6 is 0 Å². The minimum atomic E-state index is -1.55. The van der Waals surface area contributed by atoms with Gasteiger partial charge in [0.1, 0.15) is 6.04 Å². The van der Waals surface area contributed by atoms with Gasteiger partial charge in [0.2, 0.25) is 0 Å². The highest BCUT2D eigenvalue weighted by Gasteiger charge is 2.22. The van der Waals surface area contributed by atoms with Crippen molar-refractivity contribution < 1.29 is 28.2 Å². The second-order valence-electron chi connectivity index (χ2n) is 3.17. The lowest BCUT2D eigenvalue weighted by atomic mass is 10.0. The molecule has 0 saturated carbocycles. The normalized spacial score (nSPS) is 12.0. The lowest BCUT2D eigenvalue weighted by molar-refractivity contribution is -0.138. The summed E-state index contributed by atoms with van der Waals surface area (Å²) in [5.74, 6) is -5.30. The van der Waals surface area contributed by atoms with E-state index in [1.54, 1.807) is 0 Å². The van der Waals surface area contributed by atoms with Crippen LogP contribution in [0.15, 0.2) is 12.1 Å². The van der Waals surface area contributed by atoms with Gasteiger partial charge in [0.25, 0.3) is 0 Å². The Kier molecular flexibility index (Phi) is 3.74. The molecule has 0 fully saturated rings. The number of methoxy groups -OCH3 is 1. The van der Waals surface area contributed by atoms with Gasteiger partial charge >= 0.3 is 11.9 Å². The molecule has 0 aromatic heterocycles. The van der Waals surface area contributed by atoms with Gasteiger partial charge in [-0.25, -0.2) is 13.6 Å². The summed E-state index contributed by atoms with van der Waals surface area (Å²) in [4.78, 5) is 21.7. The molecule has 3 N–H and O–H groups in total. The Hall–Kier alpha value is -2.02. The van der Waals surface area contributed by atoms with Gasteiger partial charge in [-0.3, -0.25) is 4.79 Å². The van der Waals surface area contributed by atoms with E-state index in [1.807, 2.05) is 0 Å². The molecule has 0 aliphatic rings. The van der Waals surface area contributed by atoms with Crippen LogP contribution in [0.4, 0.5) is 8.78 Å². The third-order valence-corrected chi connectivity index (χ3v) is 2.08. The SMILES string of the molecule is COC(=O)c1cc(C(N)C(=O)O)cc(F)c1F.